The fourth-order valence-corrected chi connectivity index (χ4v) is 2.23. The van der Waals surface area contributed by atoms with E-state index in [1.165, 1.54) is 4.80 Å². The van der Waals surface area contributed by atoms with Crippen LogP contribution in [0.2, 0.25) is 0 Å². The molecule has 1 aliphatic carbocycles. The number of nitrogens with zero attached hydrogens (tertiary/aromatic N) is 5. The summed E-state index contributed by atoms with van der Waals surface area (Å²) in [6, 6.07) is 5.72. The van der Waals surface area contributed by atoms with Crippen LogP contribution in [0.15, 0.2) is 23.4 Å². The molecule has 0 spiro atoms. The molecule has 3 rings (SSSR count). The maximum atomic E-state index is 8.93. The normalized spacial score (nSPS) is 15.7. The first-order valence-corrected chi connectivity index (χ1v) is 5.97. The Morgan fingerprint density at radius 1 is 1.42 bits per heavy atom. The van der Waals surface area contributed by atoms with Gasteiger partial charge in [-0.15, -0.1) is 10.2 Å². The second-order valence-electron chi connectivity index (χ2n) is 4.31. The minimum Gasteiger partial charge on any atom is -0.485 e. The average molecular weight is 259 g/mol. The molecule has 0 bridgehead atoms. The van der Waals surface area contributed by atoms with Gasteiger partial charge in [-0.25, -0.2) is 0 Å². The van der Waals surface area contributed by atoms with Crippen molar-refractivity contribution in [3.05, 3.63) is 35.2 Å². The minimum absolute atomic E-state index is 0.274. The Labute approximate surface area is 109 Å². The summed E-state index contributed by atoms with van der Waals surface area (Å²) >= 11 is 0. The largest absolute Gasteiger partial charge is 0.485 e. The van der Waals surface area contributed by atoms with Crippen LogP contribution in [0, 0.1) is 0 Å². The van der Waals surface area contributed by atoms with E-state index in [-0.39, 0.29) is 6.61 Å². The standard InChI is InChI=1S/C12H13N5O2/c1-17-14-12(13-16-17)7-19-11-4-2-3-8-9(11)5-6-10(8)15-18/h2-4,18H,5-7H2,1H3/b15-10+. The molecule has 7 heteroatoms. The van der Waals surface area contributed by atoms with Crippen LogP contribution in [-0.4, -0.2) is 31.1 Å². The van der Waals surface area contributed by atoms with Crippen molar-refractivity contribution < 1.29 is 9.94 Å². The molecule has 0 amide bonds. The van der Waals surface area contributed by atoms with E-state index in [0.717, 1.165) is 29.7 Å². The minimum atomic E-state index is 0.274. The Morgan fingerprint density at radius 3 is 3.05 bits per heavy atom. The highest BCUT2D eigenvalue weighted by atomic mass is 16.5. The van der Waals surface area contributed by atoms with Gasteiger partial charge < -0.3 is 9.94 Å². The summed E-state index contributed by atoms with van der Waals surface area (Å²) in [6.07, 6.45) is 1.55. The maximum absolute atomic E-state index is 8.93. The number of aryl methyl sites for hydroxylation is 1. The fourth-order valence-electron chi connectivity index (χ4n) is 2.23. The summed E-state index contributed by atoms with van der Waals surface area (Å²) in [6.45, 7) is 0.274. The first kappa shape index (κ1) is 11.6. The number of benzene rings is 1. The molecule has 19 heavy (non-hydrogen) atoms. The molecule has 2 aromatic rings. The van der Waals surface area contributed by atoms with E-state index in [2.05, 4.69) is 20.6 Å². The van der Waals surface area contributed by atoms with Crippen molar-refractivity contribution in [1.82, 2.24) is 20.2 Å². The van der Waals surface area contributed by atoms with E-state index in [4.69, 9.17) is 9.94 Å². The maximum Gasteiger partial charge on any atom is 0.212 e. The van der Waals surface area contributed by atoms with Crippen molar-refractivity contribution in [2.45, 2.75) is 19.4 Å². The molecule has 1 aromatic heterocycles. The van der Waals surface area contributed by atoms with Gasteiger partial charge in [0.05, 0.1) is 12.8 Å². The molecule has 7 nitrogen and oxygen atoms in total. The zero-order valence-electron chi connectivity index (χ0n) is 10.4. The van der Waals surface area contributed by atoms with Crippen molar-refractivity contribution in [2.75, 3.05) is 0 Å². The average Bonchev–Trinajstić information content (AvgIpc) is 3.02. The summed E-state index contributed by atoms with van der Waals surface area (Å²) in [5.41, 5.74) is 2.73. The number of tetrazole rings is 1. The number of hydrogen-bond donors (Lipinski definition) is 1. The predicted octanol–water partition coefficient (Wildman–Crippen LogP) is 0.914. The van der Waals surface area contributed by atoms with Gasteiger partial charge in [0.15, 0.2) is 6.61 Å². The highest BCUT2D eigenvalue weighted by Gasteiger charge is 2.21. The zero-order valence-corrected chi connectivity index (χ0v) is 10.4. The zero-order chi connectivity index (χ0) is 13.2. The number of ether oxygens (including phenoxy) is 1. The smallest absolute Gasteiger partial charge is 0.212 e. The van der Waals surface area contributed by atoms with Gasteiger partial charge in [-0.1, -0.05) is 17.3 Å². The Morgan fingerprint density at radius 2 is 2.32 bits per heavy atom. The molecule has 0 atom stereocenters. The van der Waals surface area contributed by atoms with Gasteiger partial charge in [0.2, 0.25) is 5.82 Å². The summed E-state index contributed by atoms with van der Waals surface area (Å²) < 4.78 is 5.73. The lowest BCUT2D eigenvalue weighted by Crippen LogP contribution is -2.01. The number of fused-ring (bicyclic) bond motifs is 1. The second kappa shape index (κ2) is 4.68. The van der Waals surface area contributed by atoms with E-state index in [0.29, 0.717) is 11.5 Å². The first-order chi connectivity index (χ1) is 9.28. The van der Waals surface area contributed by atoms with E-state index in [1.54, 1.807) is 7.05 Å². The monoisotopic (exact) mass is 259 g/mol. The van der Waals surface area contributed by atoms with Crippen LogP contribution in [0.3, 0.4) is 0 Å². The van der Waals surface area contributed by atoms with E-state index in [9.17, 15) is 0 Å². The van der Waals surface area contributed by atoms with Crippen molar-refractivity contribution >= 4 is 5.71 Å². The number of hydrogen-bond acceptors (Lipinski definition) is 6. The SMILES string of the molecule is Cn1nnc(COc2cccc3c2CC/C3=N\O)n1. The third kappa shape index (κ3) is 2.14. The van der Waals surface area contributed by atoms with Crippen LogP contribution >= 0.6 is 0 Å². The highest BCUT2D eigenvalue weighted by molar-refractivity contribution is 6.04. The van der Waals surface area contributed by atoms with Crippen LogP contribution in [0.4, 0.5) is 0 Å². The lowest BCUT2D eigenvalue weighted by molar-refractivity contribution is 0.292. The Balaban J connectivity index is 1.81. The van der Waals surface area contributed by atoms with Gasteiger partial charge in [-0.2, -0.15) is 4.80 Å². The molecule has 1 heterocycles. The second-order valence-corrected chi connectivity index (χ2v) is 4.31. The molecular weight excluding hydrogens is 246 g/mol. The molecule has 98 valence electrons. The van der Waals surface area contributed by atoms with Crippen molar-refractivity contribution in [1.29, 1.82) is 0 Å². The summed E-state index contributed by atoms with van der Waals surface area (Å²) in [5, 5.41) is 23.9. The topological polar surface area (TPSA) is 85.4 Å². The van der Waals surface area contributed by atoms with E-state index in [1.807, 2.05) is 18.2 Å². The van der Waals surface area contributed by atoms with E-state index >= 15 is 0 Å². The van der Waals surface area contributed by atoms with Crippen molar-refractivity contribution in [3.8, 4) is 5.75 Å². The molecule has 0 fully saturated rings. The molecule has 0 aliphatic heterocycles. The lowest BCUT2D eigenvalue weighted by atomic mass is 10.1. The van der Waals surface area contributed by atoms with Gasteiger partial charge >= 0.3 is 0 Å². The fraction of sp³-hybridized carbons (Fsp3) is 0.333. The van der Waals surface area contributed by atoms with Gasteiger partial charge in [0, 0.05) is 11.1 Å². The third-order valence-electron chi connectivity index (χ3n) is 3.08. The molecule has 0 unspecified atom stereocenters. The van der Waals surface area contributed by atoms with Crippen LogP contribution < -0.4 is 4.74 Å². The van der Waals surface area contributed by atoms with E-state index < -0.39 is 0 Å². The van der Waals surface area contributed by atoms with Gasteiger partial charge in [0.25, 0.3) is 0 Å². The molecular formula is C12H13N5O2. The van der Waals surface area contributed by atoms with Crippen molar-refractivity contribution in [3.63, 3.8) is 0 Å². The third-order valence-corrected chi connectivity index (χ3v) is 3.08. The first-order valence-electron chi connectivity index (χ1n) is 5.97. The van der Waals surface area contributed by atoms with Gasteiger partial charge in [-0.3, -0.25) is 0 Å². The molecule has 1 N–H and O–H groups in total. The molecule has 0 saturated carbocycles. The van der Waals surface area contributed by atoms with Crippen LogP contribution in [0.1, 0.15) is 23.4 Å². The Bertz CT molecular complexity index is 635. The molecule has 1 aliphatic rings. The summed E-state index contributed by atoms with van der Waals surface area (Å²) in [4.78, 5) is 1.39. The van der Waals surface area contributed by atoms with Gasteiger partial charge in [-0.05, 0) is 24.1 Å². The summed E-state index contributed by atoms with van der Waals surface area (Å²) in [7, 11) is 1.71. The van der Waals surface area contributed by atoms with Crippen LogP contribution in [0.5, 0.6) is 5.75 Å². The predicted molar refractivity (Wildman–Crippen MR) is 66.2 cm³/mol. The molecule has 1 aromatic carbocycles. The number of oxime groups is 1. The number of rotatable bonds is 3. The lowest BCUT2D eigenvalue weighted by Gasteiger charge is -2.08. The van der Waals surface area contributed by atoms with Crippen LogP contribution in [-0.2, 0) is 20.1 Å². The Kier molecular flexibility index (Phi) is 2.86. The molecule has 0 radical (unpaired) electrons. The van der Waals surface area contributed by atoms with Crippen LogP contribution in [0.25, 0.3) is 0 Å². The number of aromatic nitrogens is 4. The molecule has 0 saturated heterocycles. The Hall–Kier alpha value is -2.44. The van der Waals surface area contributed by atoms with Gasteiger partial charge in [0.1, 0.15) is 5.75 Å². The summed E-state index contributed by atoms with van der Waals surface area (Å²) in [5.74, 6) is 1.32. The van der Waals surface area contributed by atoms with Crippen molar-refractivity contribution in [2.24, 2.45) is 12.2 Å². The quantitative estimate of drug-likeness (QED) is 0.654. The highest BCUT2D eigenvalue weighted by Crippen LogP contribution is 2.31.